The standard InChI is InChI=1S/C21H29N5O2/c27-21(20-16-26(24-23-20)15-19-7-4-14-28-19)22-10-13-25-11-8-18(9-12-25)17-5-2-1-3-6-17/h1-3,5-6,16,18-19H,4,7-15H2,(H,22,27). The summed E-state index contributed by atoms with van der Waals surface area (Å²) in [5, 5.41) is 11.0. The summed E-state index contributed by atoms with van der Waals surface area (Å²) in [5.41, 5.74) is 1.82. The number of carbonyl (C=O) groups excluding carboxylic acids is 1. The molecule has 2 aromatic rings. The zero-order valence-corrected chi connectivity index (χ0v) is 16.3. The largest absolute Gasteiger partial charge is 0.376 e. The van der Waals surface area contributed by atoms with Crippen LogP contribution >= 0.6 is 0 Å². The van der Waals surface area contributed by atoms with E-state index in [1.807, 2.05) is 0 Å². The number of carbonyl (C=O) groups is 1. The molecule has 1 unspecified atom stereocenters. The molecule has 0 spiro atoms. The van der Waals surface area contributed by atoms with Crippen molar-refractivity contribution in [3.8, 4) is 0 Å². The molecule has 7 nitrogen and oxygen atoms in total. The fraction of sp³-hybridized carbons (Fsp3) is 0.571. The molecular formula is C21H29N5O2. The zero-order valence-electron chi connectivity index (χ0n) is 16.3. The van der Waals surface area contributed by atoms with Crippen molar-refractivity contribution in [2.75, 3.05) is 32.8 Å². The maximum absolute atomic E-state index is 12.3. The first-order chi connectivity index (χ1) is 13.8. The van der Waals surface area contributed by atoms with Gasteiger partial charge in [-0.3, -0.25) is 4.79 Å². The summed E-state index contributed by atoms with van der Waals surface area (Å²) in [6.07, 6.45) is 6.39. The summed E-state index contributed by atoms with van der Waals surface area (Å²) in [5.74, 6) is 0.503. The Bertz CT molecular complexity index is 749. The Kier molecular flexibility index (Phi) is 6.34. The molecule has 0 bridgehead atoms. The number of hydrogen-bond acceptors (Lipinski definition) is 5. The topological polar surface area (TPSA) is 72.3 Å². The number of ether oxygens (including phenoxy) is 1. The van der Waals surface area contributed by atoms with Gasteiger partial charge in [0.05, 0.1) is 18.8 Å². The lowest BCUT2D eigenvalue weighted by Gasteiger charge is -2.32. The van der Waals surface area contributed by atoms with E-state index in [4.69, 9.17) is 4.74 Å². The molecule has 4 rings (SSSR count). The molecule has 28 heavy (non-hydrogen) atoms. The molecular weight excluding hydrogens is 354 g/mol. The third-order valence-corrected chi connectivity index (χ3v) is 5.76. The second-order valence-electron chi connectivity index (χ2n) is 7.74. The fourth-order valence-electron chi connectivity index (χ4n) is 4.12. The van der Waals surface area contributed by atoms with Crippen molar-refractivity contribution in [1.82, 2.24) is 25.2 Å². The molecule has 1 atom stereocenters. The molecule has 0 saturated carbocycles. The van der Waals surface area contributed by atoms with Gasteiger partial charge in [-0.05, 0) is 50.3 Å². The lowest BCUT2D eigenvalue weighted by molar-refractivity contribution is 0.0927. The Balaban J connectivity index is 1.16. The van der Waals surface area contributed by atoms with Crippen molar-refractivity contribution in [3.05, 3.63) is 47.8 Å². The molecule has 0 radical (unpaired) electrons. The zero-order chi connectivity index (χ0) is 19.2. The molecule has 7 heteroatoms. The normalized spacial score (nSPS) is 21.1. The number of aromatic nitrogens is 3. The lowest BCUT2D eigenvalue weighted by Crippen LogP contribution is -2.39. The van der Waals surface area contributed by atoms with E-state index in [1.165, 1.54) is 18.4 Å². The second kappa shape index (κ2) is 9.30. The second-order valence-corrected chi connectivity index (χ2v) is 7.74. The van der Waals surface area contributed by atoms with E-state index in [-0.39, 0.29) is 12.0 Å². The average Bonchev–Trinajstić information content (AvgIpc) is 3.42. The van der Waals surface area contributed by atoms with E-state index in [0.29, 0.717) is 24.7 Å². The number of likely N-dealkylation sites (tertiary alicyclic amines) is 1. The fourth-order valence-corrected chi connectivity index (χ4v) is 4.12. The minimum atomic E-state index is -0.155. The molecule has 3 heterocycles. The monoisotopic (exact) mass is 383 g/mol. The Morgan fingerprint density at radius 2 is 2.00 bits per heavy atom. The SMILES string of the molecule is O=C(NCCN1CCC(c2ccccc2)CC1)c1cn(CC2CCCO2)nn1. The van der Waals surface area contributed by atoms with Crippen molar-refractivity contribution in [3.63, 3.8) is 0 Å². The van der Waals surface area contributed by atoms with Gasteiger partial charge in [-0.15, -0.1) is 5.10 Å². The lowest BCUT2D eigenvalue weighted by atomic mass is 9.89. The molecule has 2 saturated heterocycles. The van der Waals surface area contributed by atoms with E-state index in [1.54, 1.807) is 10.9 Å². The smallest absolute Gasteiger partial charge is 0.273 e. The van der Waals surface area contributed by atoms with Crippen LogP contribution in [-0.2, 0) is 11.3 Å². The molecule has 1 aromatic heterocycles. The predicted molar refractivity (Wildman–Crippen MR) is 106 cm³/mol. The number of nitrogens with zero attached hydrogens (tertiary/aromatic N) is 4. The molecule has 1 amide bonds. The predicted octanol–water partition coefficient (Wildman–Crippen LogP) is 2.07. The van der Waals surface area contributed by atoms with Crippen LogP contribution in [0.3, 0.4) is 0 Å². The van der Waals surface area contributed by atoms with E-state index in [0.717, 1.165) is 39.1 Å². The van der Waals surface area contributed by atoms with Gasteiger partial charge in [0, 0.05) is 19.7 Å². The van der Waals surface area contributed by atoms with Crippen LogP contribution in [0.15, 0.2) is 36.5 Å². The van der Waals surface area contributed by atoms with Crippen molar-refractivity contribution < 1.29 is 9.53 Å². The van der Waals surface area contributed by atoms with Crippen LogP contribution in [0.4, 0.5) is 0 Å². The van der Waals surface area contributed by atoms with Gasteiger partial charge < -0.3 is 15.0 Å². The van der Waals surface area contributed by atoms with Crippen LogP contribution in [0.1, 0.15) is 47.7 Å². The Morgan fingerprint density at radius 1 is 1.18 bits per heavy atom. The molecule has 150 valence electrons. The third-order valence-electron chi connectivity index (χ3n) is 5.76. The van der Waals surface area contributed by atoms with Crippen molar-refractivity contribution in [1.29, 1.82) is 0 Å². The summed E-state index contributed by atoms with van der Waals surface area (Å²) in [6, 6.07) is 10.8. The summed E-state index contributed by atoms with van der Waals surface area (Å²) in [7, 11) is 0. The van der Waals surface area contributed by atoms with Gasteiger partial charge in [-0.2, -0.15) is 0 Å². The van der Waals surface area contributed by atoms with Gasteiger partial charge >= 0.3 is 0 Å². The maximum Gasteiger partial charge on any atom is 0.273 e. The van der Waals surface area contributed by atoms with Crippen molar-refractivity contribution in [2.45, 2.75) is 44.2 Å². The van der Waals surface area contributed by atoms with Crippen LogP contribution < -0.4 is 5.32 Å². The van der Waals surface area contributed by atoms with E-state index in [2.05, 4.69) is 50.9 Å². The summed E-state index contributed by atoms with van der Waals surface area (Å²) in [4.78, 5) is 14.7. The van der Waals surface area contributed by atoms with Gasteiger partial charge in [-0.1, -0.05) is 35.5 Å². The molecule has 1 N–H and O–H groups in total. The number of piperidine rings is 1. The highest BCUT2D eigenvalue weighted by Crippen LogP contribution is 2.27. The van der Waals surface area contributed by atoms with Gasteiger partial charge in [0.1, 0.15) is 0 Å². The van der Waals surface area contributed by atoms with Gasteiger partial charge in [0.2, 0.25) is 0 Å². The van der Waals surface area contributed by atoms with Gasteiger partial charge in [-0.25, -0.2) is 4.68 Å². The van der Waals surface area contributed by atoms with Crippen LogP contribution in [0.25, 0.3) is 0 Å². The quantitative estimate of drug-likeness (QED) is 0.792. The molecule has 1 aromatic carbocycles. The van der Waals surface area contributed by atoms with E-state index < -0.39 is 0 Å². The highest BCUT2D eigenvalue weighted by atomic mass is 16.5. The van der Waals surface area contributed by atoms with E-state index >= 15 is 0 Å². The van der Waals surface area contributed by atoms with Crippen molar-refractivity contribution in [2.24, 2.45) is 0 Å². The van der Waals surface area contributed by atoms with Gasteiger partial charge in [0.25, 0.3) is 5.91 Å². The molecule has 2 fully saturated rings. The van der Waals surface area contributed by atoms with Crippen molar-refractivity contribution >= 4 is 5.91 Å². The van der Waals surface area contributed by atoms with Crippen LogP contribution in [0, 0.1) is 0 Å². The number of nitrogens with one attached hydrogen (secondary N) is 1. The van der Waals surface area contributed by atoms with Gasteiger partial charge in [0.15, 0.2) is 5.69 Å². The summed E-state index contributed by atoms with van der Waals surface area (Å²) < 4.78 is 7.31. The van der Waals surface area contributed by atoms with Crippen LogP contribution in [0.5, 0.6) is 0 Å². The average molecular weight is 383 g/mol. The minimum Gasteiger partial charge on any atom is -0.376 e. The Hall–Kier alpha value is -2.25. The summed E-state index contributed by atoms with van der Waals surface area (Å²) >= 11 is 0. The molecule has 2 aliphatic heterocycles. The van der Waals surface area contributed by atoms with Crippen LogP contribution in [0.2, 0.25) is 0 Å². The third kappa shape index (κ3) is 4.97. The number of hydrogen-bond donors (Lipinski definition) is 1. The van der Waals surface area contributed by atoms with E-state index in [9.17, 15) is 4.79 Å². The number of amides is 1. The first kappa shape index (κ1) is 19.1. The highest BCUT2D eigenvalue weighted by Gasteiger charge is 2.21. The summed E-state index contributed by atoms with van der Waals surface area (Å²) in [6.45, 7) is 5.14. The molecule has 0 aliphatic carbocycles. The first-order valence-corrected chi connectivity index (χ1v) is 10.3. The Labute approximate surface area is 166 Å². The Morgan fingerprint density at radius 3 is 2.75 bits per heavy atom. The highest BCUT2D eigenvalue weighted by molar-refractivity contribution is 5.91. The number of benzene rings is 1. The maximum atomic E-state index is 12.3. The van der Waals surface area contributed by atoms with Crippen LogP contribution in [-0.4, -0.2) is 64.7 Å². The number of rotatable bonds is 7. The molecule has 2 aliphatic rings. The first-order valence-electron chi connectivity index (χ1n) is 10.3. The minimum absolute atomic E-state index is 0.155.